The predicted molar refractivity (Wildman–Crippen MR) is 43.5 cm³/mol. The van der Waals surface area contributed by atoms with E-state index in [4.69, 9.17) is 16.3 Å². The van der Waals surface area contributed by atoms with Crippen LogP contribution in [0.1, 0.15) is 11.1 Å². The lowest BCUT2D eigenvalue weighted by molar-refractivity contribution is 0.122. The van der Waals surface area contributed by atoms with Gasteiger partial charge in [-0.25, -0.2) is 5.90 Å². The third-order valence-corrected chi connectivity index (χ3v) is 1.56. The molecule has 13 heavy (non-hydrogen) atoms. The van der Waals surface area contributed by atoms with Gasteiger partial charge in [0, 0.05) is 11.6 Å². The number of hydrogen-bond donors (Lipinski definition) is 3. The second-order valence-corrected chi connectivity index (χ2v) is 2.42. The van der Waals surface area contributed by atoms with E-state index in [-0.39, 0.29) is 23.7 Å². The maximum Gasteiger partial charge on any atom is 0.137 e. The van der Waals surface area contributed by atoms with Crippen LogP contribution in [0.15, 0.2) is 12.1 Å². The summed E-state index contributed by atoms with van der Waals surface area (Å²) in [4.78, 5) is 4.30. The Morgan fingerprint density at radius 2 is 2.08 bits per heavy atom. The van der Waals surface area contributed by atoms with Gasteiger partial charge in [-0.05, 0) is 6.07 Å². The Morgan fingerprint density at radius 3 is 2.62 bits per heavy atom. The molecule has 0 bridgehead atoms. The second-order valence-electron chi connectivity index (χ2n) is 2.42. The van der Waals surface area contributed by atoms with E-state index in [0.29, 0.717) is 5.56 Å². The molecule has 1 aromatic rings. The van der Waals surface area contributed by atoms with Crippen LogP contribution in [0.25, 0.3) is 0 Å². The highest BCUT2D eigenvalue weighted by Crippen LogP contribution is 2.26. The van der Waals surface area contributed by atoms with Crippen LogP contribution in [0.2, 0.25) is 0 Å². The molecular formula is C8H8N2O3. The number of rotatable bonds is 2. The molecule has 0 aliphatic carbocycles. The van der Waals surface area contributed by atoms with E-state index in [9.17, 15) is 5.11 Å². The Bertz CT molecular complexity index is 357. The fraction of sp³-hybridized carbons (Fsp3) is 0.125. The summed E-state index contributed by atoms with van der Waals surface area (Å²) >= 11 is 0. The van der Waals surface area contributed by atoms with Crippen LogP contribution in [0.4, 0.5) is 0 Å². The first-order valence-corrected chi connectivity index (χ1v) is 3.45. The molecule has 5 nitrogen and oxygen atoms in total. The summed E-state index contributed by atoms with van der Waals surface area (Å²) in [6, 6.07) is 4.16. The summed E-state index contributed by atoms with van der Waals surface area (Å²) in [5.41, 5.74) is 0.432. The summed E-state index contributed by atoms with van der Waals surface area (Å²) in [7, 11) is 0. The van der Waals surface area contributed by atoms with Crippen molar-refractivity contribution < 1.29 is 15.1 Å². The zero-order valence-electron chi connectivity index (χ0n) is 6.69. The van der Waals surface area contributed by atoms with Gasteiger partial charge in [-0.1, -0.05) is 0 Å². The van der Waals surface area contributed by atoms with Crippen LogP contribution < -0.4 is 5.90 Å². The van der Waals surface area contributed by atoms with Gasteiger partial charge < -0.3 is 10.2 Å². The molecule has 0 fully saturated rings. The van der Waals surface area contributed by atoms with Crippen LogP contribution in [0.3, 0.4) is 0 Å². The standard InChI is InChI=1S/C8H8N2O3/c9-3-5-1-6(4-13-10)8(12)2-7(5)11/h1-2,11-12H,4,10H2. The highest BCUT2D eigenvalue weighted by atomic mass is 16.6. The minimum Gasteiger partial charge on any atom is -0.507 e. The number of phenols is 2. The van der Waals surface area contributed by atoms with Crippen LogP contribution in [-0.4, -0.2) is 10.2 Å². The SMILES string of the molecule is N#Cc1cc(CON)c(O)cc1O. The third-order valence-electron chi connectivity index (χ3n) is 1.56. The highest BCUT2D eigenvalue weighted by Gasteiger charge is 2.07. The van der Waals surface area contributed by atoms with Crippen molar-refractivity contribution in [2.24, 2.45) is 5.90 Å². The van der Waals surface area contributed by atoms with Crippen molar-refractivity contribution in [3.8, 4) is 17.6 Å². The molecule has 68 valence electrons. The Morgan fingerprint density at radius 1 is 1.38 bits per heavy atom. The fourth-order valence-electron chi connectivity index (χ4n) is 0.917. The zero-order chi connectivity index (χ0) is 9.84. The van der Waals surface area contributed by atoms with Gasteiger partial charge in [-0.3, -0.25) is 4.84 Å². The number of nitrogens with zero attached hydrogens (tertiary/aromatic N) is 1. The topological polar surface area (TPSA) is 99.5 Å². The summed E-state index contributed by atoms with van der Waals surface area (Å²) < 4.78 is 0. The van der Waals surface area contributed by atoms with Crippen LogP contribution in [0.5, 0.6) is 11.5 Å². The predicted octanol–water partition coefficient (Wildman–Crippen LogP) is 0.360. The lowest BCUT2D eigenvalue weighted by atomic mass is 10.1. The fourth-order valence-corrected chi connectivity index (χ4v) is 0.917. The Hall–Kier alpha value is -1.77. The first kappa shape index (κ1) is 9.32. The van der Waals surface area contributed by atoms with E-state index in [0.717, 1.165) is 6.07 Å². The minimum atomic E-state index is -0.263. The maximum atomic E-state index is 9.24. The number of benzene rings is 1. The van der Waals surface area contributed by atoms with E-state index in [2.05, 4.69) is 4.84 Å². The molecule has 0 aliphatic rings. The Kier molecular flexibility index (Phi) is 2.69. The Labute approximate surface area is 74.5 Å². The van der Waals surface area contributed by atoms with Gasteiger partial charge in [-0.2, -0.15) is 5.26 Å². The van der Waals surface area contributed by atoms with E-state index >= 15 is 0 Å². The van der Waals surface area contributed by atoms with Crippen molar-refractivity contribution in [3.05, 3.63) is 23.3 Å². The molecule has 0 unspecified atom stereocenters. The van der Waals surface area contributed by atoms with E-state index < -0.39 is 0 Å². The smallest absolute Gasteiger partial charge is 0.137 e. The van der Waals surface area contributed by atoms with Crippen molar-refractivity contribution >= 4 is 0 Å². The molecule has 0 aromatic heterocycles. The van der Waals surface area contributed by atoms with Gasteiger partial charge in [-0.15, -0.1) is 0 Å². The molecule has 1 aromatic carbocycles. The summed E-state index contributed by atoms with van der Waals surface area (Å²) in [6.45, 7) is -0.0131. The average Bonchev–Trinajstić information content (AvgIpc) is 2.10. The molecule has 0 atom stereocenters. The molecule has 0 saturated carbocycles. The van der Waals surface area contributed by atoms with Gasteiger partial charge in [0.05, 0.1) is 12.2 Å². The number of nitrogens with two attached hydrogens (primary N) is 1. The number of nitriles is 1. The molecule has 1 rings (SSSR count). The van der Waals surface area contributed by atoms with Gasteiger partial charge in [0.1, 0.15) is 17.6 Å². The van der Waals surface area contributed by atoms with Gasteiger partial charge >= 0.3 is 0 Å². The normalized spacial score (nSPS) is 9.54. The van der Waals surface area contributed by atoms with E-state index in [1.165, 1.54) is 6.07 Å². The molecular weight excluding hydrogens is 172 g/mol. The van der Waals surface area contributed by atoms with Crippen molar-refractivity contribution in [1.29, 1.82) is 5.26 Å². The largest absolute Gasteiger partial charge is 0.507 e. The molecule has 4 N–H and O–H groups in total. The van der Waals surface area contributed by atoms with Crippen LogP contribution in [0, 0.1) is 11.3 Å². The van der Waals surface area contributed by atoms with Crippen LogP contribution in [-0.2, 0) is 11.4 Å². The van der Waals surface area contributed by atoms with Crippen molar-refractivity contribution in [1.82, 2.24) is 0 Å². The van der Waals surface area contributed by atoms with Gasteiger partial charge in [0.15, 0.2) is 0 Å². The minimum absolute atomic E-state index is 0.0131. The lowest BCUT2D eigenvalue weighted by Gasteiger charge is -2.04. The zero-order valence-corrected chi connectivity index (χ0v) is 6.69. The monoisotopic (exact) mass is 180 g/mol. The molecule has 0 radical (unpaired) electrons. The van der Waals surface area contributed by atoms with E-state index in [1.807, 2.05) is 0 Å². The van der Waals surface area contributed by atoms with Crippen molar-refractivity contribution in [2.75, 3.05) is 0 Å². The van der Waals surface area contributed by atoms with Gasteiger partial charge in [0.25, 0.3) is 0 Å². The van der Waals surface area contributed by atoms with Crippen molar-refractivity contribution in [3.63, 3.8) is 0 Å². The first-order chi connectivity index (χ1) is 6.19. The van der Waals surface area contributed by atoms with E-state index in [1.54, 1.807) is 6.07 Å². The summed E-state index contributed by atoms with van der Waals surface area (Å²) in [6.07, 6.45) is 0. The first-order valence-electron chi connectivity index (χ1n) is 3.45. The second kappa shape index (κ2) is 3.76. The molecule has 0 amide bonds. The number of aromatic hydroxyl groups is 2. The van der Waals surface area contributed by atoms with Crippen LogP contribution >= 0.6 is 0 Å². The average molecular weight is 180 g/mol. The quantitative estimate of drug-likeness (QED) is 0.570. The maximum absolute atomic E-state index is 9.24. The highest BCUT2D eigenvalue weighted by molar-refractivity contribution is 5.50. The third kappa shape index (κ3) is 1.87. The lowest BCUT2D eigenvalue weighted by Crippen LogP contribution is -1.99. The number of hydrogen-bond acceptors (Lipinski definition) is 5. The van der Waals surface area contributed by atoms with Gasteiger partial charge in [0.2, 0.25) is 0 Å². The Balaban J connectivity index is 3.16. The molecule has 0 spiro atoms. The summed E-state index contributed by atoms with van der Waals surface area (Å²) in [5.74, 6) is 4.39. The summed E-state index contributed by atoms with van der Waals surface area (Å²) in [5, 5.41) is 26.9. The molecule has 0 saturated heterocycles. The molecule has 5 heteroatoms. The number of phenolic OH excluding ortho intramolecular Hbond substituents is 2. The molecule has 0 heterocycles. The molecule has 0 aliphatic heterocycles. The van der Waals surface area contributed by atoms with Crippen molar-refractivity contribution in [2.45, 2.75) is 6.61 Å².